The van der Waals surface area contributed by atoms with E-state index < -0.39 is 30.6 Å². The van der Waals surface area contributed by atoms with E-state index in [1.165, 1.54) is 12.4 Å². The molecule has 1 amide bonds. The summed E-state index contributed by atoms with van der Waals surface area (Å²) in [4.78, 5) is 29.4. The summed E-state index contributed by atoms with van der Waals surface area (Å²) in [5.74, 6) is -2.14. The molecule has 0 aliphatic heterocycles. The van der Waals surface area contributed by atoms with Crippen LogP contribution in [0.25, 0.3) is 0 Å². The minimum absolute atomic E-state index is 0.192. The molecule has 2 N–H and O–H groups in total. The quantitative estimate of drug-likeness (QED) is 0.713. The molecule has 19 heavy (non-hydrogen) atoms. The summed E-state index contributed by atoms with van der Waals surface area (Å²) in [6.45, 7) is -0.947. The predicted molar refractivity (Wildman–Crippen MR) is 59.1 cm³/mol. The molecular weight excluding hydrogens is 264 g/mol. The van der Waals surface area contributed by atoms with Gasteiger partial charge < -0.3 is 15.2 Å². The third kappa shape index (κ3) is 5.34. The summed E-state index contributed by atoms with van der Waals surface area (Å²) in [6, 6.07) is 0. The topological polar surface area (TPSA) is 101 Å². The van der Waals surface area contributed by atoms with E-state index in [-0.39, 0.29) is 18.8 Å². The fourth-order valence-electron chi connectivity index (χ4n) is 1.12. The lowest BCUT2D eigenvalue weighted by atomic mass is 10.3. The minimum Gasteiger partial charge on any atom is -0.476 e. The molecule has 0 aliphatic carbocycles. The maximum atomic E-state index is 11.7. The van der Waals surface area contributed by atoms with Crippen molar-refractivity contribution in [3.05, 3.63) is 18.1 Å². The summed E-state index contributed by atoms with van der Waals surface area (Å²) in [6.07, 6.45) is -0.399. The Morgan fingerprint density at radius 2 is 2.05 bits per heavy atom. The molecule has 1 aromatic rings. The van der Waals surface area contributed by atoms with Gasteiger partial charge in [-0.15, -0.1) is 0 Å². The third-order valence-electron chi connectivity index (χ3n) is 1.88. The van der Waals surface area contributed by atoms with E-state index in [0.29, 0.717) is 0 Å². The van der Waals surface area contributed by atoms with Crippen LogP contribution in [0.4, 0.5) is 14.6 Å². The number of nitrogens with one attached hydrogen (secondary N) is 1. The lowest BCUT2D eigenvalue weighted by molar-refractivity contribution is -0.117. The number of nitrogens with zero attached hydrogens (tertiary/aromatic N) is 2. The number of carbonyl (C=O) groups excluding carboxylic acids is 1. The molecule has 0 atom stereocenters. The van der Waals surface area contributed by atoms with E-state index in [1.54, 1.807) is 0 Å². The van der Waals surface area contributed by atoms with Crippen LogP contribution in [-0.2, 0) is 9.53 Å². The number of anilines is 1. The van der Waals surface area contributed by atoms with Crippen LogP contribution in [0.1, 0.15) is 16.9 Å². The Bertz CT molecular complexity index is 456. The molecule has 9 heteroatoms. The Morgan fingerprint density at radius 1 is 1.37 bits per heavy atom. The van der Waals surface area contributed by atoms with Crippen molar-refractivity contribution in [2.45, 2.75) is 12.8 Å². The number of aromatic nitrogens is 2. The Morgan fingerprint density at radius 3 is 2.68 bits per heavy atom. The molecule has 0 fully saturated rings. The number of carboxylic acids is 1. The van der Waals surface area contributed by atoms with Crippen LogP contribution >= 0.6 is 0 Å². The van der Waals surface area contributed by atoms with Gasteiger partial charge in [0.05, 0.1) is 13.0 Å². The lowest BCUT2D eigenvalue weighted by Crippen LogP contribution is -2.19. The Labute approximate surface area is 106 Å². The number of alkyl halides is 2. The second-order valence-electron chi connectivity index (χ2n) is 3.32. The third-order valence-corrected chi connectivity index (χ3v) is 1.88. The smallest absolute Gasteiger partial charge is 0.358 e. The number of aromatic carboxylic acids is 1. The van der Waals surface area contributed by atoms with E-state index in [1.807, 2.05) is 0 Å². The number of ether oxygens (including phenoxy) is 1. The van der Waals surface area contributed by atoms with E-state index in [0.717, 1.165) is 0 Å². The van der Waals surface area contributed by atoms with Gasteiger partial charge in [0, 0.05) is 12.4 Å². The Balaban J connectivity index is 2.46. The number of rotatable bonds is 7. The second-order valence-corrected chi connectivity index (χ2v) is 3.32. The van der Waals surface area contributed by atoms with Gasteiger partial charge in [-0.2, -0.15) is 0 Å². The van der Waals surface area contributed by atoms with Crippen LogP contribution in [-0.4, -0.2) is 46.6 Å². The SMILES string of the molecule is O=C(CCOCC(F)F)Nc1nccnc1C(=O)O. The highest BCUT2D eigenvalue weighted by Gasteiger charge is 2.14. The maximum absolute atomic E-state index is 11.7. The zero-order valence-corrected chi connectivity index (χ0v) is 9.68. The average Bonchev–Trinajstić information content (AvgIpc) is 2.35. The highest BCUT2D eigenvalue weighted by Crippen LogP contribution is 2.08. The first-order chi connectivity index (χ1) is 9.00. The molecule has 0 spiro atoms. The monoisotopic (exact) mass is 275 g/mol. The van der Waals surface area contributed by atoms with Crippen LogP contribution in [0, 0.1) is 0 Å². The zero-order valence-electron chi connectivity index (χ0n) is 9.68. The van der Waals surface area contributed by atoms with Gasteiger partial charge in [0.2, 0.25) is 5.91 Å². The predicted octanol–water partition coefficient (Wildman–Crippen LogP) is 0.785. The van der Waals surface area contributed by atoms with Crippen LogP contribution in [0.5, 0.6) is 0 Å². The van der Waals surface area contributed by atoms with E-state index in [9.17, 15) is 18.4 Å². The molecule has 1 rings (SSSR count). The first-order valence-corrected chi connectivity index (χ1v) is 5.20. The number of hydrogen-bond acceptors (Lipinski definition) is 5. The molecule has 0 aliphatic rings. The van der Waals surface area contributed by atoms with Crippen LogP contribution in [0.2, 0.25) is 0 Å². The van der Waals surface area contributed by atoms with Crippen molar-refractivity contribution in [1.29, 1.82) is 0 Å². The van der Waals surface area contributed by atoms with Crippen molar-refractivity contribution in [3.63, 3.8) is 0 Å². The maximum Gasteiger partial charge on any atom is 0.358 e. The summed E-state index contributed by atoms with van der Waals surface area (Å²) in [7, 11) is 0. The van der Waals surface area contributed by atoms with Gasteiger partial charge in [-0.25, -0.2) is 23.5 Å². The number of carbonyl (C=O) groups is 2. The van der Waals surface area contributed by atoms with Gasteiger partial charge in [0.25, 0.3) is 6.43 Å². The Kier molecular flexibility index (Phi) is 5.73. The number of halogens is 2. The van der Waals surface area contributed by atoms with Crippen molar-refractivity contribution in [3.8, 4) is 0 Å². The van der Waals surface area contributed by atoms with Gasteiger partial charge in [0.15, 0.2) is 11.5 Å². The summed E-state index contributed by atoms with van der Waals surface area (Å²) < 4.78 is 28.0. The number of hydrogen-bond donors (Lipinski definition) is 2. The molecule has 0 radical (unpaired) electrons. The molecule has 104 valence electrons. The highest BCUT2D eigenvalue weighted by molar-refractivity contribution is 5.97. The number of amides is 1. The molecule has 1 heterocycles. The molecule has 0 saturated carbocycles. The Hall–Kier alpha value is -2.16. The molecule has 0 aromatic carbocycles. The van der Waals surface area contributed by atoms with Crippen molar-refractivity contribution in [2.75, 3.05) is 18.5 Å². The van der Waals surface area contributed by atoms with E-state index >= 15 is 0 Å². The van der Waals surface area contributed by atoms with Crippen molar-refractivity contribution in [1.82, 2.24) is 9.97 Å². The normalized spacial score (nSPS) is 10.5. The molecule has 1 aromatic heterocycles. The summed E-state index contributed by atoms with van der Waals surface area (Å²) >= 11 is 0. The van der Waals surface area contributed by atoms with E-state index in [2.05, 4.69) is 20.0 Å². The van der Waals surface area contributed by atoms with Gasteiger partial charge in [-0.05, 0) is 0 Å². The fourth-order valence-corrected chi connectivity index (χ4v) is 1.12. The molecule has 0 bridgehead atoms. The minimum atomic E-state index is -2.60. The zero-order chi connectivity index (χ0) is 14.3. The van der Waals surface area contributed by atoms with Crippen molar-refractivity contribution >= 4 is 17.7 Å². The van der Waals surface area contributed by atoms with Gasteiger partial charge in [-0.1, -0.05) is 0 Å². The average molecular weight is 275 g/mol. The van der Waals surface area contributed by atoms with Crippen LogP contribution < -0.4 is 5.32 Å². The van der Waals surface area contributed by atoms with Crippen LogP contribution in [0.15, 0.2) is 12.4 Å². The van der Waals surface area contributed by atoms with Gasteiger partial charge in [-0.3, -0.25) is 4.79 Å². The fraction of sp³-hybridized carbons (Fsp3) is 0.400. The molecular formula is C10H11F2N3O4. The number of carboxylic acid groups (broad SMARTS) is 1. The first-order valence-electron chi connectivity index (χ1n) is 5.20. The lowest BCUT2D eigenvalue weighted by Gasteiger charge is -2.06. The van der Waals surface area contributed by atoms with Crippen molar-refractivity contribution < 1.29 is 28.2 Å². The second kappa shape index (κ2) is 7.31. The summed E-state index contributed by atoms with van der Waals surface area (Å²) in [5, 5.41) is 11.0. The molecule has 7 nitrogen and oxygen atoms in total. The molecule has 0 unspecified atom stereocenters. The van der Waals surface area contributed by atoms with Gasteiger partial charge >= 0.3 is 5.97 Å². The highest BCUT2D eigenvalue weighted by atomic mass is 19.3. The largest absolute Gasteiger partial charge is 0.476 e. The first kappa shape index (κ1) is 14.9. The van der Waals surface area contributed by atoms with Gasteiger partial charge in [0.1, 0.15) is 6.61 Å². The van der Waals surface area contributed by atoms with E-state index in [4.69, 9.17) is 5.11 Å². The summed E-state index contributed by atoms with van der Waals surface area (Å²) in [5.41, 5.74) is -0.399. The van der Waals surface area contributed by atoms with Crippen molar-refractivity contribution in [2.24, 2.45) is 0 Å². The molecule has 0 saturated heterocycles. The van der Waals surface area contributed by atoms with Crippen LogP contribution in [0.3, 0.4) is 0 Å². The standard InChI is InChI=1S/C10H11F2N3O4/c11-6(12)5-19-4-1-7(16)15-9-8(10(17)18)13-2-3-14-9/h2-3,6H,1,4-5H2,(H,17,18)(H,14,15,16).